The molecule has 0 bridgehead atoms. The van der Waals surface area contributed by atoms with Crippen molar-refractivity contribution in [1.82, 2.24) is 19.8 Å². The van der Waals surface area contributed by atoms with Crippen molar-refractivity contribution in [3.8, 4) is 0 Å². The molecule has 1 aliphatic carbocycles. The normalized spacial score (nSPS) is 22.3. The maximum atomic E-state index is 13.0. The summed E-state index contributed by atoms with van der Waals surface area (Å²) in [6.07, 6.45) is 6.15. The van der Waals surface area contributed by atoms with Crippen LogP contribution in [0.4, 0.5) is 5.82 Å². The van der Waals surface area contributed by atoms with Gasteiger partial charge in [0.15, 0.2) is 0 Å². The van der Waals surface area contributed by atoms with E-state index in [2.05, 4.69) is 34.9 Å². The van der Waals surface area contributed by atoms with Crippen LogP contribution in [-0.4, -0.2) is 51.9 Å². The third-order valence-corrected chi connectivity index (χ3v) is 6.96. The Morgan fingerprint density at radius 2 is 2.30 bits per heavy atom. The third-order valence-electron chi connectivity index (χ3n) is 5.73. The van der Waals surface area contributed by atoms with E-state index in [1.807, 2.05) is 4.90 Å². The molecule has 0 aromatic carbocycles. The Hall–Kier alpha value is -1.99. The van der Waals surface area contributed by atoms with Crippen LogP contribution in [0.25, 0.3) is 0 Å². The molecule has 1 fully saturated rings. The Morgan fingerprint density at radius 1 is 1.44 bits per heavy atom. The lowest BCUT2D eigenvalue weighted by Crippen LogP contribution is -2.36. The second-order valence-corrected chi connectivity index (χ2v) is 9.05. The number of carbonyl (C=O) groups excluding carboxylic acids is 1. The third kappa shape index (κ3) is 3.99. The number of nitrogen functional groups attached to an aromatic ring is 1. The molecule has 7 heteroatoms. The molecule has 2 aromatic heterocycles. The van der Waals surface area contributed by atoms with E-state index in [1.165, 1.54) is 16.9 Å². The fourth-order valence-electron chi connectivity index (χ4n) is 4.10. The minimum atomic E-state index is 0.193. The molecule has 0 unspecified atom stereocenters. The first-order valence-corrected chi connectivity index (χ1v) is 10.5. The van der Waals surface area contributed by atoms with E-state index in [9.17, 15) is 4.79 Å². The Bertz CT molecular complexity index is 836. The van der Waals surface area contributed by atoms with Gasteiger partial charge in [0.25, 0.3) is 5.91 Å². The molecular formula is C20H27N5OS. The van der Waals surface area contributed by atoms with E-state index in [4.69, 9.17) is 5.73 Å². The Balaban J connectivity index is 1.38. The highest BCUT2D eigenvalue weighted by Crippen LogP contribution is 2.33. The van der Waals surface area contributed by atoms with Crippen LogP contribution in [0.3, 0.4) is 0 Å². The Morgan fingerprint density at radius 3 is 3.11 bits per heavy atom. The lowest BCUT2D eigenvalue weighted by Gasteiger charge is -2.23. The molecule has 6 nitrogen and oxygen atoms in total. The van der Waals surface area contributed by atoms with Crippen LogP contribution in [0.1, 0.15) is 45.7 Å². The predicted octanol–water partition coefficient (Wildman–Crippen LogP) is 2.59. The summed E-state index contributed by atoms with van der Waals surface area (Å²) in [5.41, 5.74) is 7.14. The minimum Gasteiger partial charge on any atom is -0.384 e. The molecule has 4 rings (SSSR count). The van der Waals surface area contributed by atoms with Crippen LogP contribution >= 0.6 is 11.3 Å². The maximum Gasteiger partial charge on any atom is 0.263 e. The van der Waals surface area contributed by atoms with Gasteiger partial charge in [0.1, 0.15) is 11.6 Å². The molecule has 0 saturated carbocycles. The number of aromatic nitrogens is 2. The van der Waals surface area contributed by atoms with Gasteiger partial charge in [0.2, 0.25) is 0 Å². The number of aryl methyl sites for hydroxylation is 1. The lowest BCUT2D eigenvalue weighted by atomic mass is 9.90. The summed E-state index contributed by atoms with van der Waals surface area (Å²) in [4.78, 5) is 28.1. The first kappa shape index (κ1) is 18.4. The number of nitrogens with zero attached hydrogens (tertiary/aromatic N) is 4. The molecule has 1 aliphatic heterocycles. The SMILES string of the molecule is C[C@H]1CCc2sc(C(=O)N3CC[C@H](N(C)Cc4nccc(N)n4)C3)cc2C1. The van der Waals surface area contributed by atoms with E-state index >= 15 is 0 Å². The van der Waals surface area contributed by atoms with E-state index in [-0.39, 0.29) is 5.91 Å². The fourth-order valence-corrected chi connectivity index (χ4v) is 5.27. The first-order chi connectivity index (χ1) is 13.0. The Labute approximate surface area is 164 Å². The number of fused-ring (bicyclic) bond motifs is 1. The van der Waals surface area contributed by atoms with E-state index in [0.717, 1.165) is 49.0 Å². The molecule has 2 aromatic rings. The zero-order valence-corrected chi connectivity index (χ0v) is 16.8. The summed E-state index contributed by atoms with van der Waals surface area (Å²) in [6, 6.07) is 4.17. The zero-order valence-electron chi connectivity index (χ0n) is 16.0. The first-order valence-electron chi connectivity index (χ1n) is 9.68. The molecule has 3 heterocycles. The smallest absolute Gasteiger partial charge is 0.263 e. The summed E-state index contributed by atoms with van der Waals surface area (Å²) >= 11 is 1.71. The van der Waals surface area contributed by atoms with Crippen molar-refractivity contribution < 1.29 is 4.79 Å². The van der Waals surface area contributed by atoms with Crippen LogP contribution in [-0.2, 0) is 19.4 Å². The number of rotatable bonds is 4. The van der Waals surface area contributed by atoms with Gasteiger partial charge in [-0.2, -0.15) is 0 Å². The molecule has 2 N–H and O–H groups in total. The van der Waals surface area contributed by atoms with Gasteiger partial charge >= 0.3 is 0 Å². The van der Waals surface area contributed by atoms with Crippen LogP contribution in [0.15, 0.2) is 18.3 Å². The van der Waals surface area contributed by atoms with Crippen molar-refractivity contribution >= 4 is 23.1 Å². The number of likely N-dealkylation sites (tertiary alicyclic amines) is 1. The minimum absolute atomic E-state index is 0.193. The monoisotopic (exact) mass is 385 g/mol. The van der Waals surface area contributed by atoms with Crippen LogP contribution in [0.5, 0.6) is 0 Å². The summed E-state index contributed by atoms with van der Waals surface area (Å²) in [6.45, 7) is 4.51. The molecule has 1 amide bonds. The van der Waals surface area contributed by atoms with Crippen molar-refractivity contribution in [2.75, 3.05) is 25.9 Å². The van der Waals surface area contributed by atoms with Crippen molar-refractivity contribution in [2.45, 2.75) is 45.2 Å². The molecule has 144 valence electrons. The number of likely N-dealkylation sites (N-methyl/N-ethyl adjacent to an activating group) is 1. The van der Waals surface area contributed by atoms with Crippen molar-refractivity contribution in [2.24, 2.45) is 5.92 Å². The predicted molar refractivity (Wildman–Crippen MR) is 108 cm³/mol. The van der Waals surface area contributed by atoms with Crippen LogP contribution in [0.2, 0.25) is 0 Å². The van der Waals surface area contributed by atoms with E-state index < -0.39 is 0 Å². The van der Waals surface area contributed by atoms with Gasteiger partial charge < -0.3 is 10.6 Å². The van der Waals surface area contributed by atoms with Gasteiger partial charge in [0, 0.05) is 30.2 Å². The zero-order chi connectivity index (χ0) is 19.0. The average molecular weight is 386 g/mol. The number of amides is 1. The maximum absolute atomic E-state index is 13.0. The fraction of sp³-hybridized carbons (Fsp3) is 0.550. The number of hydrogen-bond donors (Lipinski definition) is 1. The van der Waals surface area contributed by atoms with Crippen molar-refractivity contribution in [1.29, 1.82) is 0 Å². The molecule has 1 saturated heterocycles. The van der Waals surface area contributed by atoms with Gasteiger partial charge in [-0.1, -0.05) is 6.92 Å². The topological polar surface area (TPSA) is 75.4 Å². The summed E-state index contributed by atoms with van der Waals surface area (Å²) < 4.78 is 0. The Kier molecular flexibility index (Phi) is 5.14. The quantitative estimate of drug-likeness (QED) is 0.875. The average Bonchev–Trinajstić information content (AvgIpc) is 3.28. The van der Waals surface area contributed by atoms with Crippen molar-refractivity contribution in [3.05, 3.63) is 39.5 Å². The van der Waals surface area contributed by atoms with Gasteiger partial charge in [-0.15, -0.1) is 11.3 Å². The van der Waals surface area contributed by atoms with Crippen LogP contribution < -0.4 is 5.73 Å². The number of hydrogen-bond acceptors (Lipinski definition) is 6. The molecule has 2 aliphatic rings. The number of carbonyl (C=O) groups is 1. The highest BCUT2D eigenvalue weighted by molar-refractivity contribution is 7.14. The molecule has 27 heavy (non-hydrogen) atoms. The van der Waals surface area contributed by atoms with Gasteiger partial charge in [0.05, 0.1) is 11.4 Å². The van der Waals surface area contributed by atoms with Crippen molar-refractivity contribution in [3.63, 3.8) is 0 Å². The van der Waals surface area contributed by atoms with E-state index in [1.54, 1.807) is 23.6 Å². The van der Waals surface area contributed by atoms with Gasteiger partial charge in [-0.25, -0.2) is 9.97 Å². The standard InChI is InChI=1S/C20H27N5OS/c1-13-3-4-16-14(9-13)10-17(27-16)20(26)25-8-6-15(11-25)24(2)12-19-22-7-5-18(21)23-19/h5,7,10,13,15H,3-4,6,8-9,11-12H2,1-2H3,(H2,21,22,23)/t13-,15-/m0/s1. The largest absolute Gasteiger partial charge is 0.384 e. The summed E-state index contributed by atoms with van der Waals surface area (Å²) in [5.74, 6) is 2.14. The number of thiophene rings is 1. The second-order valence-electron chi connectivity index (χ2n) is 7.91. The summed E-state index contributed by atoms with van der Waals surface area (Å²) in [7, 11) is 2.07. The van der Waals surface area contributed by atoms with Gasteiger partial charge in [-0.05, 0) is 56.3 Å². The van der Waals surface area contributed by atoms with E-state index in [0.29, 0.717) is 18.4 Å². The number of nitrogens with two attached hydrogens (primary N) is 1. The van der Waals surface area contributed by atoms with Gasteiger partial charge in [-0.3, -0.25) is 9.69 Å². The highest BCUT2D eigenvalue weighted by atomic mass is 32.1. The number of anilines is 1. The highest BCUT2D eigenvalue weighted by Gasteiger charge is 2.31. The van der Waals surface area contributed by atoms with Crippen LogP contribution in [0, 0.1) is 5.92 Å². The molecular weight excluding hydrogens is 358 g/mol. The lowest BCUT2D eigenvalue weighted by molar-refractivity contribution is 0.0784. The molecule has 0 radical (unpaired) electrons. The summed E-state index contributed by atoms with van der Waals surface area (Å²) in [5, 5.41) is 0. The molecule has 0 spiro atoms. The molecule has 2 atom stereocenters. The second kappa shape index (κ2) is 7.56.